The summed E-state index contributed by atoms with van der Waals surface area (Å²) in [5, 5.41) is 2.75. The van der Waals surface area contributed by atoms with E-state index in [1.807, 2.05) is 17.5 Å². The van der Waals surface area contributed by atoms with E-state index >= 15 is 0 Å². The predicted octanol–water partition coefficient (Wildman–Crippen LogP) is 3.37. The van der Waals surface area contributed by atoms with Gasteiger partial charge in [-0.05, 0) is 24.3 Å². The van der Waals surface area contributed by atoms with Crippen molar-refractivity contribution in [1.82, 2.24) is 0 Å². The maximum absolute atomic E-state index is 5.92. The molecule has 0 spiro atoms. The molecule has 1 atom stereocenters. The summed E-state index contributed by atoms with van der Waals surface area (Å²) in [7, 11) is 0. The molecule has 0 saturated heterocycles. The molecule has 2 N–H and O–H groups in total. The van der Waals surface area contributed by atoms with Gasteiger partial charge in [0.05, 0.1) is 5.02 Å². The van der Waals surface area contributed by atoms with Gasteiger partial charge in [0.2, 0.25) is 0 Å². The molecule has 0 fully saturated rings. The summed E-state index contributed by atoms with van der Waals surface area (Å²) in [4.78, 5) is 1.08. The van der Waals surface area contributed by atoms with Crippen LogP contribution in [-0.2, 0) is 0 Å². The number of nitrogens with two attached hydrogens (primary N) is 1. The monoisotopic (exact) mass is 201 g/mol. The minimum Gasteiger partial charge on any atom is -0.323 e. The third kappa shape index (κ3) is 2.34. The second kappa shape index (κ2) is 4.65. The van der Waals surface area contributed by atoms with Crippen LogP contribution < -0.4 is 5.73 Å². The molecule has 0 bridgehead atoms. The van der Waals surface area contributed by atoms with Gasteiger partial charge in [0.1, 0.15) is 0 Å². The molecule has 0 saturated carbocycles. The fourth-order valence-corrected chi connectivity index (χ4v) is 2.23. The topological polar surface area (TPSA) is 26.0 Å². The SMILES string of the molecule is C=CCC[C@H](N)c1sccc1Cl. The molecule has 1 rings (SSSR count). The summed E-state index contributed by atoms with van der Waals surface area (Å²) >= 11 is 7.54. The molecular weight excluding hydrogens is 190 g/mol. The van der Waals surface area contributed by atoms with E-state index in [9.17, 15) is 0 Å². The van der Waals surface area contributed by atoms with Crippen LogP contribution in [0.3, 0.4) is 0 Å². The fraction of sp³-hybridized carbons (Fsp3) is 0.333. The van der Waals surface area contributed by atoms with E-state index in [1.54, 1.807) is 11.3 Å². The Morgan fingerprint density at radius 3 is 3.00 bits per heavy atom. The largest absolute Gasteiger partial charge is 0.323 e. The van der Waals surface area contributed by atoms with E-state index in [1.165, 1.54) is 0 Å². The van der Waals surface area contributed by atoms with Gasteiger partial charge >= 0.3 is 0 Å². The van der Waals surface area contributed by atoms with E-state index in [4.69, 9.17) is 17.3 Å². The Morgan fingerprint density at radius 1 is 1.75 bits per heavy atom. The van der Waals surface area contributed by atoms with Crippen molar-refractivity contribution in [3.05, 3.63) is 34.0 Å². The normalized spacial score (nSPS) is 12.8. The molecule has 0 aliphatic heterocycles. The van der Waals surface area contributed by atoms with E-state index in [2.05, 4.69) is 6.58 Å². The first kappa shape index (κ1) is 9.78. The smallest absolute Gasteiger partial charge is 0.0561 e. The van der Waals surface area contributed by atoms with Crippen LogP contribution in [0.25, 0.3) is 0 Å². The van der Waals surface area contributed by atoms with E-state index in [0.717, 1.165) is 22.7 Å². The molecule has 0 radical (unpaired) electrons. The van der Waals surface area contributed by atoms with Gasteiger partial charge in [0.25, 0.3) is 0 Å². The molecule has 1 nitrogen and oxygen atoms in total. The molecular formula is C9H12ClNS. The molecule has 1 aromatic rings. The van der Waals surface area contributed by atoms with E-state index in [0.29, 0.717) is 0 Å². The quantitative estimate of drug-likeness (QED) is 0.743. The van der Waals surface area contributed by atoms with Crippen LogP contribution in [0, 0.1) is 0 Å². The zero-order valence-corrected chi connectivity index (χ0v) is 8.37. The second-order valence-corrected chi connectivity index (χ2v) is 3.96. The zero-order valence-electron chi connectivity index (χ0n) is 6.79. The Hall–Kier alpha value is -0.310. The first-order valence-corrected chi connectivity index (χ1v) is 5.11. The number of hydrogen-bond acceptors (Lipinski definition) is 2. The van der Waals surface area contributed by atoms with Crippen molar-refractivity contribution >= 4 is 22.9 Å². The van der Waals surface area contributed by atoms with E-state index in [-0.39, 0.29) is 6.04 Å². The van der Waals surface area contributed by atoms with Crippen molar-refractivity contribution in [2.24, 2.45) is 5.73 Å². The lowest BCUT2D eigenvalue weighted by molar-refractivity contribution is 0.673. The Labute approximate surface area is 81.9 Å². The van der Waals surface area contributed by atoms with Crippen LogP contribution >= 0.6 is 22.9 Å². The molecule has 0 unspecified atom stereocenters. The van der Waals surface area contributed by atoms with Gasteiger partial charge in [-0.1, -0.05) is 17.7 Å². The molecule has 12 heavy (non-hydrogen) atoms. The van der Waals surface area contributed by atoms with Crippen LogP contribution in [0.15, 0.2) is 24.1 Å². The highest BCUT2D eigenvalue weighted by Gasteiger charge is 2.09. The van der Waals surface area contributed by atoms with Crippen molar-refractivity contribution < 1.29 is 0 Å². The number of halogens is 1. The number of thiophene rings is 1. The predicted molar refractivity (Wildman–Crippen MR) is 55.7 cm³/mol. The summed E-state index contributed by atoms with van der Waals surface area (Å²) in [6.07, 6.45) is 3.74. The van der Waals surface area contributed by atoms with Crippen molar-refractivity contribution in [2.75, 3.05) is 0 Å². The number of allylic oxidation sites excluding steroid dienone is 1. The minimum atomic E-state index is 0.0653. The molecule has 1 aromatic heterocycles. The van der Waals surface area contributed by atoms with Crippen LogP contribution in [0.2, 0.25) is 5.02 Å². The van der Waals surface area contributed by atoms with Gasteiger partial charge in [-0.2, -0.15) is 0 Å². The molecule has 0 aliphatic carbocycles. The maximum atomic E-state index is 5.92. The van der Waals surface area contributed by atoms with Gasteiger partial charge in [-0.3, -0.25) is 0 Å². The summed E-state index contributed by atoms with van der Waals surface area (Å²) in [6.45, 7) is 3.65. The Balaban J connectivity index is 2.58. The summed E-state index contributed by atoms with van der Waals surface area (Å²) < 4.78 is 0. The van der Waals surface area contributed by atoms with Crippen molar-refractivity contribution in [3.63, 3.8) is 0 Å². The van der Waals surface area contributed by atoms with Gasteiger partial charge < -0.3 is 5.73 Å². The molecule has 66 valence electrons. The summed E-state index contributed by atoms with van der Waals surface area (Å²) in [5.41, 5.74) is 5.90. The lowest BCUT2D eigenvalue weighted by atomic mass is 10.1. The summed E-state index contributed by atoms with van der Waals surface area (Å²) in [5.74, 6) is 0. The van der Waals surface area contributed by atoms with Gasteiger partial charge in [-0.15, -0.1) is 17.9 Å². The highest BCUT2D eigenvalue weighted by Crippen LogP contribution is 2.29. The average molecular weight is 202 g/mol. The third-order valence-corrected chi connectivity index (χ3v) is 3.15. The van der Waals surface area contributed by atoms with Crippen molar-refractivity contribution in [3.8, 4) is 0 Å². The van der Waals surface area contributed by atoms with Gasteiger partial charge in [0, 0.05) is 10.9 Å². The summed E-state index contributed by atoms with van der Waals surface area (Å²) in [6, 6.07) is 1.95. The molecule has 0 aliphatic rings. The Bertz CT molecular complexity index is 257. The van der Waals surface area contributed by atoms with Crippen LogP contribution in [0.4, 0.5) is 0 Å². The van der Waals surface area contributed by atoms with Crippen LogP contribution in [-0.4, -0.2) is 0 Å². The lowest BCUT2D eigenvalue weighted by Crippen LogP contribution is -2.08. The molecule has 0 amide bonds. The standard InChI is InChI=1S/C9H12ClNS/c1-2-3-4-8(11)9-7(10)5-6-12-9/h2,5-6,8H,1,3-4,11H2/t8-/m0/s1. The Kier molecular flexibility index (Phi) is 3.79. The highest BCUT2D eigenvalue weighted by molar-refractivity contribution is 7.10. The van der Waals surface area contributed by atoms with E-state index < -0.39 is 0 Å². The first-order valence-electron chi connectivity index (χ1n) is 3.85. The van der Waals surface area contributed by atoms with Crippen LogP contribution in [0.1, 0.15) is 23.8 Å². The Morgan fingerprint density at radius 2 is 2.50 bits per heavy atom. The lowest BCUT2D eigenvalue weighted by Gasteiger charge is -2.07. The zero-order chi connectivity index (χ0) is 8.97. The minimum absolute atomic E-state index is 0.0653. The van der Waals surface area contributed by atoms with Gasteiger partial charge in [0.15, 0.2) is 0 Å². The third-order valence-electron chi connectivity index (χ3n) is 1.66. The van der Waals surface area contributed by atoms with Gasteiger partial charge in [-0.25, -0.2) is 0 Å². The first-order chi connectivity index (χ1) is 5.75. The van der Waals surface area contributed by atoms with Crippen molar-refractivity contribution in [2.45, 2.75) is 18.9 Å². The fourth-order valence-electron chi connectivity index (χ4n) is 0.998. The van der Waals surface area contributed by atoms with Crippen molar-refractivity contribution in [1.29, 1.82) is 0 Å². The van der Waals surface area contributed by atoms with Crippen LogP contribution in [0.5, 0.6) is 0 Å². The number of hydrogen-bond donors (Lipinski definition) is 1. The highest BCUT2D eigenvalue weighted by atomic mass is 35.5. The average Bonchev–Trinajstić information content (AvgIpc) is 2.47. The number of rotatable bonds is 4. The second-order valence-electron chi connectivity index (χ2n) is 2.61. The maximum Gasteiger partial charge on any atom is 0.0561 e. The molecule has 3 heteroatoms. The molecule has 0 aromatic carbocycles. The molecule has 1 heterocycles.